The van der Waals surface area contributed by atoms with E-state index in [4.69, 9.17) is 4.74 Å². The van der Waals surface area contributed by atoms with Crippen LogP contribution in [0.1, 0.15) is 18.4 Å². The van der Waals surface area contributed by atoms with Crippen molar-refractivity contribution in [1.29, 1.82) is 0 Å². The van der Waals surface area contributed by atoms with Crippen LogP contribution in [0, 0.1) is 12.8 Å². The van der Waals surface area contributed by atoms with Crippen molar-refractivity contribution < 1.29 is 9.53 Å². The molecule has 1 aromatic carbocycles. The molecule has 1 fully saturated rings. The number of benzene rings is 1. The number of carbonyl (C=O) groups excluding carboxylic acids is 1. The van der Waals surface area contributed by atoms with E-state index in [0.717, 1.165) is 35.2 Å². The highest BCUT2D eigenvalue weighted by Crippen LogP contribution is 2.26. The molecule has 0 aliphatic carbocycles. The van der Waals surface area contributed by atoms with Crippen molar-refractivity contribution in [3.8, 4) is 0 Å². The summed E-state index contributed by atoms with van der Waals surface area (Å²) in [5, 5.41) is 2.95. The number of ether oxygens (including phenoxy) is 1. The number of nitrogens with one attached hydrogen (secondary N) is 1. The largest absolute Gasteiger partial charge is 0.381 e. The number of anilines is 1. The number of rotatable bonds is 2. The number of halogens is 1. The van der Waals surface area contributed by atoms with Crippen LogP contribution < -0.4 is 5.32 Å². The molecule has 1 aromatic rings. The van der Waals surface area contributed by atoms with Crippen molar-refractivity contribution in [2.75, 3.05) is 18.5 Å². The summed E-state index contributed by atoms with van der Waals surface area (Å²) in [6.07, 6.45) is 1.88. The molecule has 0 spiro atoms. The number of aryl methyl sites for hydroxylation is 1. The van der Waals surface area contributed by atoms with Crippen molar-refractivity contribution in [1.82, 2.24) is 0 Å². The fourth-order valence-electron chi connectivity index (χ4n) is 1.93. The Kier molecular flexibility index (Phi) is 4.18. The average molecular weight is 298 g/mol. The molecule has 3 nitrogen and oxygen atoms in total. The van der Waals surface area contributed by atoms with Crippen LogP contribution in [0.4, 0.5) is 5.69 Å². The monoisotopic (exact) mass is 297 g/mol. The molecule has 1 aliphatic heterocycles. The molecule has 0 radical (unpaired) electrons. The SMILES string of the molecule is Cc1cccc(NC(=O)C2CCCOC2)c1Br. The van der Waals surface area contributed by atoms with Crippen molar-refractivity contribution in [2.24, 2.45) is 5.92 Å². The fourth-order valence-corrected chi connectivity index (χ4v) is 2.29. The lowest BCUT2D eigenvalue weighted by atomic mass is 10.0. The van der Waals surface area contributed by atoms with E-state index in [1.165, 1.54) is 0 Å². The molecule has 4 heteroatoms. The van der Waals surface area contributed by atoms with E-state index < -0.39 is 0 Å². The van der Waals surface area contributed by atoms with Crippen LogP contribution in [0.2, 0.25) is 0 Å². The Bertz CT molecular complexity index is 414. The number of amides is 1. The standard InChI is InChI=1S/C13H16BrNO2/c1-9-4-2-6-11(12(9)14)15-13(16)10-5-3-7-17-8-10/h2,4,6,10H,3,5,7-8H2,1H3,(H,15,16). The smallest absolute Gasteiger partial charge is 0.229 e. The van der Waals surface area contributed by atoms with E-state index in [1.54, 1.807) is 0 Å². The normalized spacial score (nSPS) is 20.0. The number of hydrogen-bond acceptors (Lipinski definition) is 2. The van der Waals surface area contributed by atoms with Crippen LogP contribution >= 0.6 is 15.9 Å². The summed E-state index contributed by atoms with van der Waals surface area (Å²) in [7, 11) is 0. The zero-order valence-electron chi connectivity index (χ0n) is 9.83. The third-order valence-electron chi connectivity index (χ3n) is 2.98. The van der Waals surface area contributed by atoms with Gasteiger partial charge in [-0.05, 0) is 47.3 Å². The molecule has 1 saturated heterocycles. The first kappa shape index (κ1) is 12.6. The van der Waals surface area contributed by atoms with Crippen LogP contribution in [0.3, 0.4) is 0 Å². The zero-order chi connectivity index (χ0) is 12.3. The van der Waals surface area contributed by atoms with E-state index in [0.29, 0.717) is 6.61 Å². The second-order valence-corrected chi connectivity index (χ2v) is 5.13. The molecular weight excluding hydrogens is 282 g/mol. The molecule has 1 N–H and O–H groups in total. The quantitative estimate of drug-likeness (QED) is 0.911. The molecule has 1 heterocycles. The molecule has 92 valence electrons. The van der Waals surface area contributed by atoms with Crippen LogP contribution in [0.25, 0.3) is 0 Å². The molecule has 1 amide bonds. The highest BCUT2D eigenvalue weighted by atomic mass is 79.9. The van der Waals surface area contributed by atoms with Crippen LogP contribution in [-0.4, -0.2) is 19.1 Å². The van der Waals surface area contributed by atoms with Gasteiger partial charge in [0.2, 0.25) is 5.91 Å². The molecule has 1 aliphatic rings. The van der Waals surface area contributed by atoms with Gasteiger partial charge in [-0.1, -0.05) is 12.1 Å². The van der Waals surface area contributed by atoms with Gasteiger partial charge in [0.05, 0.1) is 18.2 Å². The minimum atomic E-state index is -0.0174. The topological polar surface area (TPSA) is 38.3 Å². The highest BCUT2D eigenvalue weighted by Gasteiger charge is 2.22. The van der Waals surface area contributed by atoms with Crippen molar-refractivity contribution >= 4 is 27.5 Å². The maximum Gasteiger partial charge on any atom is 0.229 e. The Morgan fingerprint density at radius 3 is 3.06 bits per heavy atom. The fraction of sp³-hybridized carbons (Fsp3) is 0.462. The molecule has 1 atom stereocenters. The Morgan fingerprint density at radius 2 is 2.35 bits per heavy atom. The lowest BCUT2D eigenvalue weighted by Crippen LogP contribution is -2.30. The van der Waals surface area contributed by atoms with E-state index in [1.807, 2.05) is 25.1 Å². The maximum atomic E-state index is 12.0. The summed E-state index contributed by atoms with van der Waals surface area (Å²) in [6.45, 7) is 3.32. The predicted molar refractivity (Wildman–Crippen MR) is 71.1 cm³/mol. The van der Waals surface area contributed by atoms with Crippen molar-refractivity contribution in [3.05, 3.63) is 28.2 Å². The summed E-state index contributed by atoms with van der Waals surface area (Å²) in [6, 6.07) is 5.84. The van der Waals surface area contributed by atoms with E-state index >= 15 is 0 Å². The third kappa shape index (κ3) is 3.07. The number of hydrogen-bond donors (Lipinski definition) is 1. The minimum absolute atomic E-state index is 0.0174. The van der Waals surface area contributed by atoms with Gasteiger partial charge in [-0.2, -0.15) is 0 Å². The molecule has 2 rings (SSSR count). The summed E-state index contributed by atoms with van der Waals surface area (Å²) < 4.78 is 6.27. The molecule has 1 unspecified atom stereocenters. The van der Waals surface area contributed by atoms with Crippen LogP contribution in [0.5, 0.6) is 0 Å². The van der Waals surface area contributed by atoms with Gasteiger partial charge < -0.3 is 10.1 Å². The molecular formula is C13H16BrNO2. The first-order valence-electron chi connectivity index (χ1n) is 5.82. The second-order valence-electron chi connectivity index (χ2n) is 4.34. The summed E-state index contributed by atoms with van der Waals surface area (Å²) in [5.74, 6) is 0.0344. The van der Waals surface area contributed by atoms with E-state index in [9.17, 15) is 4.79 Å². The summed E-state index contributed by atoms with van der Waals surface area (Å²) in [5.41, 5.74) is 1.95. The van der Waals surface area contributed by atoms with Gasteiger partial charge >= 0.3 is 0 Å². The Balaban J connectivity index is 2.04. The van der Waals surface area contributed by atoms with E-state index in [-0.39, 0.29) is 11.8 Å². The van der Waals surface area contributed by atoms with Crippen molar-refractivity contribution in [3.63, 3.8) is 0 Å². The molecule has 0 saturated carbocycles. The molecule has 0 aromatic heterocycles. The highest BCUT2D eigenvalue weighted by molar-refractivity contribution is 9.10. The van der Waals surface area contributed by atoms with Crippen LogP contribution in [-0.2, 0) is 9.53 Å². The lowest BCUT2D eigenvalue weighted by molar-refractivity contribution is -0.123. The Morgan fingerprint density at radius 1 is 1.53 bits per heavy atom. The predicted octanol–water partition coefficient (Wildman–Crippen LogP) is 3.12. The Hall–Kier alpha value is -0.870. The minimum Gasteiger partial charge on any atom is -0.381 e. The van der Waals surface area contributed by atoms with Gasteiger partial charge in [0, 0.05) is 11.1 Å². The maximum absolute atomic E-state index is 12.0. The first-order chi connectivity index (χ1) is 8.18. The van der Waals surface area contributed by atoms with Gasteiger partial charge in [-0.25, -0.2) is 0 Å². The zero-order valence-corrected chi connectivity index (χ0v) is 11.4. The van der Waals surface area contributed by atoms with Crippen molar-refractivity contribution in [2.45, 2.75) is 19.8 Å². The third-order valence-corrected chi connectivity index (χ3v) is 4.03. The van der Waals surface area contributed by atoms with Gasteiger partial charge in [-0.15, -0.1) is 0 Å². The van der Waals surface area contributed by atoms with Crippen LogP contribution in [0.15, 0.2) is 22.7 Å². The second kappa shape index (κ2) is 5.65. The Labute approximate surface area is 110 Å². The first-order valence-corrected chi connectivity index (χ1v) is 6.61. The van der Waals surface area contributed by atoms with Gasteiger partial charge in [0.25, 0.3) is 0 Å². The molecule has 0 bridgehead atoms. The average Bonchev–Trinajstić information content (AvgIpc) is 2.36. The summed E-state index contributed by atoms with van der Waals surface area (Å²) >= 11 is 3.49. The lowest BCUT2D eigenvalue weighted by Gasteiger charge is -2.21. The van der Waals surface area contributed by atoms with Gasteiger partial charge in [0.15, 0.2) is 0 Å². The van der Waals surface area contributed by atoms with E-state index in [2.05, 4.69) is 21.2 Å². The summed E-state index contributed by atoms with van der Waals surface area (Å²) in [4.78, 5) is 12.0. The van der Waals surface area contributed by atoms with Gasteiger partial charge in [-0.3, -0.25) is 4.79 Å². The van der Waals surface area contributed by atoms with Gasteiger partial charge in [0.1, 0.15) is 0 Å². The number of carbonyl (C=O) groups is 1. The molecule has 17 heavy (non-hydrogen) atoms.